The molecule has 194 valence electrons. The third-order valence-electron chi connectivity index (χ3n) is 6.71. The molecule has 0 saturated carbocycles. The highest BCUT2D eigenvalue weighted by Crippen LogP contribution is 2.43. The highest BCUT2D eigenvalue weighted by molar-refractivity contribution is 6.51. The Bertz CT molecular complexity index is 1410. The summed E-state index contributed by atoms with van der Waals surface area (Å²) in [5, 5.41) is 11.5. The van der Waals surface area contributed by atoms with Crippen molar-refractivity contribution < 1.29 is 29.0 Å². The first-order valence-electron chi connectivity index (χ1n) is 12.5. The minimum absolute atomic E-state index is 0.00744. The van der Waals surface area contributed by atoms with Crippen molar-refractivity contribution in [1.29, 1.82) is 0 Å². The third kappa shape index (κ3) is 4.49. The van der Waals surface area contributed by atoms with E-state index in [1.807, 2.05) is 49.2 Å². The lowest BCUT2D eigenvalue weighted by Crippen LogP contribution is -2.29. The number of ketones is 1. The summed E-state index contributed by atoms with van der Waals surface area (Å²) in [5.41, 5.74) is 2.62. The fourth-order valence-electron chi connectivity index (χ4n) is 4.74. The number of hydrogen-bond acceptors (Lipinski definition) is 7. The Morgan fingerprint density at radius 1 is 1.03 bits per heavy atom. The maximum absolute atomic E-state index is 13.4. The summed E-state index contributed by atoms with van der Waals surface area (Å²) in [6.45, 7) is 3.47. The van der Waals surface area contributed by atoms with Crippen LogP contribution in [0.4, 0.5) is 11.4 Å². The van der Waals surface area contributed by atoms with Crippen LogP contribution in [0, 0.1) is 0 Å². The normalized spacial score (nSPS) is 18.2. The van der Waals surface area contributed by atoms with Gasteiger partial charge in [0.05, 0.1) is 36.0 Å². The van der Waals surface area contributed by atoms with Gasteiger partial charge in [-0.3, -0.25) is 14.5 Å². The molecule has 38 heavy (non-hydrogen) atoms. The zero-order valence-corrected chi connectivity index (χ0v) is 21.2. The van der Waals surface area contributed by atoms with E-state index in [-0.39, 0.29) is 11.3 Å². The summed E-state index contributed by atoms with van der Waals surface area (Å²) in [7, 11) is 1.93. The van der Waals surface area contributed by atoms with E-state index in [0.717, 1.165) is 5.69 Å². The molecule has 0 bridgehead atoms. The van der Waals surface area contributed by atoms with Gasteiger partial charge in [0.15, 0.2) is 0 Å². The number of benzene rings is 3. The first kappa shape index (κ1) is 25.1. The summed E-state index contributed by atoms with van der Waals surface area (Å²) >= 11 is 0. The smallest absolute Gasteiger partial charge is 0.338 e. The molecule has 5 rings (SSSR count). The molecule has 2 aliphatic heterocycles. The minimum atomic E-state index is -0.862. The van der Waals surface area contributed by atoms with Crippen molar-refractivity contribution in [3.05, 3.63) is 95.1 Å². The number of aliphatic hydroxyl groups excluding tert-OH is 1. The number of carbonyl (C=O) groups excluding carboxylic acids is 3. The molecule has 2 aliphatic rings. The number of rotatable bonds is 6. The van der Waals surface area contributed by atoms with E-state index in [1.54, 1.807) is 42.5 Å². The SMILES string of the molecule is CCCOC(=O)c1ccc(N2C(=O)C(=O)/C(=C(\O)c3ccc4c(c3)N(C)CCO4)C2c2ccccc2)cc1. The highest BCUT2D eigenvalue weighted by atomic mass is 16.5. The average Bonchev–Trinajstić information content (AvgIpc) is 3.22. The number of esters is 1. The Balaban J connectivity index is 1.59. The number of ether oxygens (including phenoxy) is 2. The van der Waals surface area contributed by atoms with Crippen LogP contribution in [-0.4, -0.2) is 49.6 Å². The van der Waals surface area contributed by atoms with Gasteiger partial charge >= 0.3 is 5.97 Å². The van der Waals surface area contributed by atoms with Gasteiger partial charge in [-0.05, 0) is 54.4 Å². The fourth-order valence-corrected chi connectivity index (χ4v) is 4.74. The van der Waals surface area contributed by atoms with E-state index in [9.17, 15) is 19.5 Å². The van der Waals surface area contributed by atoms with Gasteiger partial charge in [0, 0.05) is 18.3 Å². The van der Waals surface area contributed by atoms with Gasteiger partial charge in [-0.1, -0.05) is 37.3 Å². The number of carbonyl (C=O) groups is 3. The van der Waals surface area contributed by atoms with Crippen LogP contribution < -0.4 is 14.5 Å². The number of Topliss-reactive ketones (excluding diaryl/α,β-unsaturated/α-hetero) is 1. The number of fused-ring (bicyclic) bond motifs is 1. The molecule has 0 aromatic heterocycles. The van der Waals surface area contributed by atoms with Crippen molar-refractivity contribution in [3.63, 3.8) is 0 Å². The van der Waals surface area contributed by atoms with Crippen molar-refractivity contribution in [2.45, 2.75) is 19.4 Å². The quantitative estimate of drug-likeness (QED) is 0.221. The van der Waals surface area contributed by atoms with E-state index in [1.165, 1.54) is 4.90 Å². The number of amides is 1. The Morgan fingerprint density at radius 3 is 2.45 bits per heavy atom. The second-order valence-corrected chi connectivity index (χ2v) is 9.22. The Kier molecular flexibility index (Phi) is 6.87. The Hall–Kier alpha value is -4.59. The molecule has 1 saturated heterocycles. The second kappa shape index (κ2) is 10.4. The molecule has 8 heteroatoms. The van der Waals surface area contributed by atoms with Crippen LogP contribution in [0.1, 0.15) is 40.9 Å². The Labute approximate surface area is 220 Å². The van der Waals surface area contributed by atoms with Crippen LogP contribution in [-0.2, 0) is 14.3 Å². The molecule has 1 fully saturated rings. The van der Waals surface area contributed by atoms with Crippen molar-refractivity contribution in [2.24, 2.45) is 0 Å². The van der Waals surface area contributed by atoms with E-state index < -0.39 is 23.7 Å². The zero-order chi connectivity index (χ0) is 26.8. The number of hydrogen-bond donors (Lipinski definition) is 1. The van der Waals surface area contributed by atoms with Crippen LogP contribution in [0.25, 0.3) is 5.76 Å². The summed E-state index contributed by atoms with van der Waals surface area (Å²) < 4.78 is 10.9. The van der Waals surface area contributed by atoms with E-state index in [2.05, 4.69) is 0 Å². The molecule has 8 nitrogen and oxygen atoms in total. The van der Waals surface area contributed by atoms with Gasteiger partial charge in [0.25, 0.3) is 11.7 Å². The van der Waals surface area contributed by atoms with E-state index in [4.69, 9.17) is 9.47 Å². The summed E-state index contributed by atoms with van der Waals surface area (Å²) in [6.07, 6.45) is 0.707. The largest absolute Gasteiger partial charge is 0.507 e. The predicted octanol–water partition coefficient (Wildman–Crippen LogP) is 4.71. The molecule has 3 aromatic carbocycles. The number of aliphatic hydroxyl groups is 1. The monoisotopic (exact) mass is 512 g/mol. The average molecular weight is 513 g/mol. The molecule has 1 N–H and O–H groups in total. The van der Waals surface area contributed by atoms with Gasteiger partial charge < -0.3 is 19.5 Å². The maximum Gasteiger partial charge on any atom is 0.338 e. The molecule has 1 amide bonds. The zero-order valence-electron chi connectivity index (χ0n) is 21.2. The third-order valence-corrected chi connectivity index (χ3v) is 6.71. The van der Waals surface area contributed by atoms with Crippen molar-refractivity contribution in [1.82, 2.24) is 0 Å². The standard InChI is InChI=1S/C30H28N2O6/c1-3-16-38-30(36)20-9-12-22(13-10-20)32-26(19-7-5-4-6-8-19)25(28(34)29(32)35)27(33)21-11-14-24-23(18-21)31(2)15-17-37-24/h4-14,18,26,33H,3,15-17H2,1-2H3/b27-25-. The van der Waals surface area contributed by atoms with E-state index >= 15 is 0 Å². The molecule has 1 atom stereocenters. The van der Waals surface area contributed by atoms with Crippen molar-refractivity contribution >= 4 is 34.8 Å². The van der Waals surface area contributed by atoms with Crippen LogP contribution in [0.3, 0.4) is 0 Å². The first-order valence-corrected chi connectivity index (χ1v) is 12.5. The van der Waals surface area contributed by atoms with Gasteiger partial charge in [0.1, 0.15) is 18.1 Å². The minimum Gasteiger partial charge on any atom is -0.507 e. The molecule has 0 spiro atoms. The number of likely N-dealkylation sites (N-methyl/N-ethyl adjacent to an activating group) is 1. The lowest BCUT2D eigenvalue weighted by Gasteiger charge is -2.28. The van der Waals surface area contributed by atoms with Crippen LogP contribution in [0.5, 0.6) is 5.75 Å². The lowest BCUT2D eigenvalue weighted by molar-refractivity contribution is -0.132. The Morgan fingerprint density at radius 2 is 1.74 bits per heavy atom. The molecular weight excluding hydrogens is 484 g/mol. The molecular formula is C30H28N2O6. The van der Waals surface area contributed by atoms with E-state index in [0.29, 0.717) is 54.3 Å². The summed E-state index contributed by atoms with van der Waals surface area (Å²) in [4.78, 5) is 42.4. The fraction of sp³-hybridized carbons (Fsp3) is 0.233. The molecule has 3 aromatic rings. The molecule has 1 unspecified atom stereocenters. The van der Waals surface area contributed by atoms with Gasteiger partial charge in [-0.25, -0.2) is 4.79 Å². The molecule has 2 heterocycles. The maximum atomic E-state index is 13.4. The first-order chi connectivity index (χ1) is 18.4. The molecule has 0 aliphatic carbocycles. The van der Waals surface area contributed by atoms with Crippen LogP contribution >= 0.6 is 0 Å². The van der Waals surface area contributed by atoms with Gasteiger partial charge in [-0.2, -0.15) is 0 Å². The lowest BCUT2D eigenvalue weighted by atomic mass is 9.95. The van der Waals surface area contributed by atoms with Gasteiger partial charge in [0.2, 0.25) is 0 Å². The number of anilines is 2. The predicted molar refractivity (Wildman–Crippen MR) is 143 cm³/mol. The summed E-state index contributed by atoms with van der Waals surface area (Å²) in [5.74, 6) is -1.58. The van der Waals surface area contributed by atoms with Crippen molar-refractivity contribution in [2.75, 3.05) is 36.6 Å². The topological polar surface area (TPSA) is 96.4 Å². The number of nitrogens with zero attached hydrogens (tertiary/aromatic N) is 2. The van der Waals surface area contributed by atoms with Crippen LogP contribution in [0.15, 0.2) is 78.4 Å². The molecule has 0 radical (unpaired) electrons. The van der Waals surface area contributed by atoms with Gasteiger partial charge in [-0.15, -0.1) is 0 Å². The van der Waals surface area contributed by atoms with Crippen LogP contribution in [0.2, 0.25) is 0 Å². The highest BCUT2D eigenvalue weighted by Gasteiger charge is 2.47. The second-order valence-electron chi connectivity index (χ2n) is 9.22. The van der Waals surface area contributed by atoms with Crippen molar-refractivity contribution in [3.8, 4) is 5.75 Å². The summed E-state index contributed by atoms with van der Waals surface area (Å²) in [6, 6.07) is 19.8.